The molecule has 2 atom stereocenters. The van der Waals surface area contributed by atoms with Crippen LogP contribution < -0.4 is 5.32 Å². The number of hydrogen-bond donors (Lipinski definition) is 2. The maximum atomic E-state index is 13.2. The molecule has 0 aromatic heterocycles. The Morgan fingerprint density at radius 2 is 1.77 bits per heavy atom. The van der Waals surface area contributed by atoms with Crippen molar-refractivity contribution < 1.29 is 19.4 Å². The molecule has 1 heterocycles. The Morgan fingerprint density at radius 1 is 1.05 bits per heavy atom. The van der Waals surface area contributed by atoms with Crippen molar-refractivity contribution in [3.05, 3.63) is 59.2 Å². The zero-order valence-electron chi connectivity index (χ0n) is 27.2. The smallest absolute Gasteiger partial charge is 0.326 e. The fourth-order valence-corrected chi connectivity index (χ4v) is 6.87. The van der Waals surface area contributed by atoms with Gasteiger partial charge in [0.05, 0.1) is 0 Å². The van der Waals surface area contributed by atoms with E-state index in [1.807, 2.05) is 75.2 Å². The van der Waals surface area contributed by atoms with Gasteiger partial charge in [0.25, 0.3) is 5.91 Å². The molecule has 0 spiro atoms. The standard InChI is InChI=1S/C25H32N2O3S2.C8H16O.C2H6/c1-17-6-4-5-7-20(17)22-14-18(15-27-12-10-19(16-27)32-3)8-9-21(22)24(28)26-23(25(29)30)11-13-31-2;1-9-7-8-5-3-2-4-6-8;1-2/h4-9,14,19,23H,10-13,15-16H2,1-3H3,(H,26,28)(H,29,30);8H,2-7H2,1H3;1-2H3. The monoisotopic (exact) mass is 630 g/mol. The van der Waals surface area contributed by atoms with Crippen molar-refractivity contribution in [2.75, 3.05) is 45.1 Å². The topological polar surface area (TPSA) is 78.9 Å². The Kier molecular flexibility index (Phi) is 18.0. The number of benzene rings is 2. The van der Waals surface area contributed by atoms with Gasteiger partial charge < -0.3 is 15.2 Å². The largest absolute Gasteiger partial charge is 0.480 e. The second kappa shape index (κ2) is 20.9. The number of carbonyl (C=O) groups excluding carboxylic acids is 1. The van der Waals surface area contributed by atoms with Crippen LogP contribution in [-0.4, -0.2) is 78.2 Å². The van der Waals surface area contributed by atoms with Gasteiger partial charge in [0, 0.05) is 37.6 Å². The first-order chi connectivity index (χ1) is 20.9. The molecule has 240 valence electrons. The second-order valence-electron chi connectivity index (χ2n) is 11.2. The van der Waals surface area contributed by atoms with Crippen LogP contribution in [0.5, 0.6) is 0 Å². The molecular formula is C35H54N2O4S2. The molecule has 2 unspecified atom stereocenters. The molecule has 1 amide bonds. The van der Waals surface area contributed by atoms with Crippen molar-refractivity contribution in [1.29, 1.82) is 0 Å². The van der Waals surface area contributed by atoms with Gasteiger partial charge in [-0.2, -0.15) is 23.5 Å². The highest BCUT2D eigenvalue weighted by molar-refractivity contribution is 7.99. The highest BCUT2D eigenvalue weighted by atomic mass is 32.2. The lowest BCUT2D eigenvalue weighted by Gasteiger charge is -2.19. The van der Waals surface area contributed by atoms with Crippen LogP contribution in [0.2, 0.25) is 0 Å². The number of aryl methyl sites for hydroxylation is 1. The lowest BCUT2D eigenvalue weighted by Crippen LogP contribution is -2.41. The van der Waals surface area contributed by atoms with E-state index in [-0.39, 0.29) is 5.91 Å². The molecule has 2 aromatic carbocycles. The molecule has 1 aliphatic carbocycles. The molecule has 1 saturated carbocycles. The number of likely N-dealkylation sites (tertiary alicyclic amines) is 1. The summed E-state index contributed by atoms with van der Waals surface area (Å²) in [6.45, 7) is 10.0. The van der Waals surface area contributed by atoms with Crippen molar-refractivity contribution in [3.8, 4) is 11.1 Å². The fourth-order valence-electron chi connectivity index (χ4n) is 5.70. The van der Waals surface area contributed by atoms with Gasteiger partial charge in [-0.1, -0.05) is 63.4 Å². The number of hydrogen-bond acceptors (Lipinski definition) is 6. The summed E-state index contributed by atoms with van der Waals surface area (Å²) in [5, 5.41) is 13.0. The predicted octanol–water partition coefficient (Wildman–Crippen LogP) is 7.77. The van der Waals surface area contributed by atoms with E-state index >= 15 is 0 Å². The molecule has 2 N–H and O–H groups in total. The number of carbonyl (C=O) groups is 2. The van der Waals surface area contributed by atoms with Gasteiger partial charge in [0.1, 0.15) is 6.04 Å². The van der Waals surface area contributed by atoms with Gasteiger partial charge in [-0.05, 0) is 97.7 Å². The molecule has 6 nitrogen and oxygen atoms in total. The number of carboxylic acids is 1. The Bertz CT molecular complexity index is 1100. The summed E-state index contributed by atoms with van der Waals surface area (Å²) >= 11 is 3.49. The summed E-state index contributed by atoms with van der Waals surface area (Å²) in [4.78, 5) is 27.3. The van der Waals surface area contributed by atoms with Gasteiger partial charge in [0.15, 0.2) is 0 Å². The van der Waals surface area contributed by atoms with E-state index in [1.54, 1.807) is 18.9 Å². The fraction of sp³-hybridized carbons (Fsp3) is 0.600. The molecule has 8 heteroatoms. The third kappa shape index (κ3) is 12.5. The summed E-state index contributed by atoms with van der Waals surface area (Å²) in [5.74, 6) is 0.211. The van der Waals surface area contributed by atoms with Crippen molar-refractivity contribution in [2.24, 2.45) is 5.92 Å². The second-order valence-corrected chi connectivity index (χ2v) is 13.3. The van der Waals surface area contributed by atoms with Gasteiger partial charge in [-0.15, -0.1) is 0 Å². The highest BCUT2D eigenvalue weighted by Crippen LogP contribution is 2.30. The summed E-state index contributed by atoms with van der Waals surface area (Å²) < 4.78 is 5.08. The molecule has 2 fully saturated rings. The van der Waals surface area contributed by atoms with E-state index in [2.05, 4.69) is 22.5 Å². The minimum atomic E-state index is -1.00. The van der Waals surface area contributed by atoms with E-state index in [9.17, 15) is 14.7 Å². The number of thioether (sulfide) groups is 2. The Labute approximate surface area is 269 Å². The lowest BCUT2D eigenvalue weighted by molar-refractivity contribution is -0.139. The summed E-state index contributed by atoms with van der Waals surface area (Å²) in [6.07, 6.45) is 12.8. The van der Waals surface area contributed by atoms with Gasteiger partial charge in [-0.25, -0.2) is 4.79 Å². The van der Waals surface area contributed by atoms with Crippen LogP contribution in [0.3, 0.4) is 0 Å². The number of amides is 1. The van der Waals surface area contributed by atoms with Crippen molar-refractivity contribution >= 4 is 35.4 Å². The van der Waals surface area contributed by atoms with E-state index in [4.69, 9.17) is 4.74 Å². The quantitative estimate of drug-likeness (QED) is 0.248. The van der Waals surface area contributed by atoms with Crippen LogP contribution in [0.25, 0.3) is 11.1 Å². The van der Waals surface area contributed by atoms with Crippen molar-refractivity contribution in [2.45, 2.75) is 83.6 Å². The number of methoxy groups -OCH3 is 1. The van der Waals surface area contributed by atoms with Crippen LogP contribution in [0.4, 0.5) is 0 Å². The average molecular weight is 631 g/mol. The summed E-state index contributed by atoms with van der Waals surface area (Å²) in [5.41, 5.74) is 4.62. The van der Waals surface area contributed by atoms with Crippen LogP contribution in [0, 0.1) is 12.8 Å². The maximum Gasteiger partial charge on any atom is 0.326 e. The van der Waals surface area contributed by atoms with Crippen LogP contribution >= 0.6 is 23.5 Å². The number of nitrogens with one attached hydrogen (secondary N) is 1. The normalized spacial score (nSPS) is 17.7. The molecule has 2 aliphatic rings. The Balaban J connectivity index is 0.000000496. The predicted molar refractivity (Wildman–Crippen MR) is 185 cm³/mol. The third-order valence-electron chi connectivity index (χ3n) is 8.07. The van der Waals surface area contributed by atoms with E-state index < -0.39 is 12.0 Å². The molecule has 1 aliphatic heterocycles. The zero-order valence-corrected chi connectivity index (χ0v) is 28.8. The van der Waals surface area contributed by atoms with Crippen LogP contribution in [-0.2, 0) is 16.1 Å². The molecule has 2 aromatic rings. The first-order valence-corrected chi connectivity index (χ1v) is 18.5. The molecule has 1 saturated heterocycles. The van der Waals surface area contributed by atoms with E-state index in [0.29, 0.717) is 23.0 Å². The maximum absolute atomic E-state index is 13.2. The Morgan fingerprint density at radius 3 is 2.37 bits per heavy atom. The molecule has 0 bridgehead atoms. The number of ether oxygens (including phenoxy) is 1. The van der Waals surface area contributed by atoms with E-state index in [0.717, 1.165) is 48.8 Å². The summed E-state index contributed by atoms with van der Waals surface area (Å²) in [7, 11) is 1.80. The van der Waals surface area contributed by atoms with Crippen molar-refractivity contribution in [1.82, 2.24) is 10.2 Å². The summed E-state index contributed by atoms with van der Waals surface area (Å²) in [6, 6.07) is 13.1. The molecule has 0 radical (unpaired) electrons. The molecule has 43 heavy (non-hydrogen) atoms. The first-order valence-electron chi connectivity index (χ1n) is 15.8. The molecule has 4 rings (SSSR count). The van der Waals surface area contributed by atoms with Gasteiger partial charge >= 0.3 is 5.97 Å². The third-order valence-corrected chi connectivity index (χ3v) is 9.77. The Hall–Kier alpha value is -2.00. The number of aliphatic carboxylic acids is 1. The minimum Gasteiger partial charge on any atom is -0.480 e. The van der Waals surface area contributed by atoms with E-state index in [1.165, 1.54) is 44.1 Å². The van der Waals surface area contributed by atoms with Gasteiger partial charge in [-0.3, -0.25) is 9.69 Å². The van der Waals surface area contributed by atoms with Crippen molar-refractivity contribution in [3.63, 3.8) is 0 Å². The highest BCUT2D eigenvalue weighted by Gasteiger charge is 2.24. The van der Waals surface area contributed by atoms with Crippen LogP contribution in [0.15, 0.2) is 42.5 Å². The van der Waals surface area contributed by atoms with Crippen LogP contribution in [0.1, 0.15) is 80.3 Å². The minimum absolute atomic E-state index is 0.341. The first kappa shape index (κ1) is 37.2. The number of rotatable bonds is 12. The zero-order chi connectivity index (χ0) is 31.6. The average Bonchev–Trinajstić information content (AvgIpc) is 3.49. The SMILES string of the molecule is CC.COCC1CCCCC1.CSCCC(NC(=O)c1ccc(CN2CCC(SC)C2)cc1-c1ccccc1C)C(=O)O. The number of nitrogens with zero attached hydrogens (tertiary/aromatic N) is 1. The number of carboxylic acid groups (broad SMARTS) is 1. The van der Waals surface area contributed by atoms with Gasteiger partial charge in [0.2, 0.25) is 0 Å². The molecular weight excluding hydrogens is 577 g/mol. The lowest BCUT2D eigenvalue weighted by atomic mass is 9.90.